The highest BCUT2D eigenvalue weighted by Gasteiger charge is 2.27. The van der Waals surface area contributed by atoms with Crippen LogP contribution in [-0.2, 0) is 14.4 Å². The molecular formula is C18H19NO5. The first-order chi connectivity index (χ1) is 11.5. The quantitative estimate of drug-likeness (QED) is 0.748. The Morgan fingerprint density at radius 2 is 1.88 bits per heavy atom. The molecule has 1 atom stereocenters. The van der Waals surface area contributed by atoms with E-state index < -0.39 is 5.97 Å². The second-order valence-corrected chi connectivity index (χ2v) is 5.70. The number of ketones is 2. The van der Waals surface area contributed by atoms with Crippen molar-refractivity contribution in [1.82, 2.24) is 0 Å². The van der Waals surface area contributed by atoms with Crippen molar-refractivity contribution < 1.29 is 24.6 Å². The number of Topliss-reactive ketones (excluding diaryl/α,β-unsaturated/α-hetero) is 2. The minimum Gasteiger partial charge on any atom is -0.511 e. The number of nitrogens with zero attached hydrogens (tertiary/aromatic N) is 1. The van der Waals surface area contributed by atoms with Crippen LogP contribution < -0.4 is 0 Å². The number of carbonyl (C=O) groups is 3. The molecule has 0 bridgehead atoms. The number of aliphatic hydroxyl groups is 1. The van der Waals surface area contributed by atoms with E-state index in [9.17, 15) is 19.5 Å². The Balaban J connectivity index is 1.98. The number of hydrogen-bond donors (Lipinski definition) is 2. The second kappa shape index (κ2) is 8.19. The lowest BCUT2D eigenvalue weighted by Crippen LogP contribution is -2.19. The van der Waals surface area contributed by atoms with Crippen LogP contribution in [0.1, 0.15) is 37.2 Å². The van der Waals surface area contributed by atoms with Gasteiger partial charge >= 0.3 is 5.97 Å². The Bertz CT molecular complexity index is 691. The average molecular weight is 329 g/mol. The van der Waals surface area contributed by atoms with Crippen molar-refractivity contribution in [3.63, 3.8) is 0 Å². The molecule has 0 fully saturated rings. The third kappa shape index (κ3) is 4.87. The number of carbonyl (C=O) groups excluding carboxylic acids is 2. The summed E-state index contributed by atoms with van der Waals surface area (Å²) in [4.78, 5) is 37.9. The van der Waals surface area contributed by atoms with Crippen LogP contribution in [0.3, 0.4) is 0 Å². The maximum Gasteiger partial charge on any atom is 0.303 e. The third-order valence-corrected chi connectivity index (χ3v) is 3.86. The predicted molar refractivity (Wildman–Crippen MR) is 88.3 cm³/mol. The number of aliphatic carboxylic acids is 1. The molecule has 0 saturated carbocycles. The highest BCUT2D eigenvalue weighted by molar-refractivity contribution is 6.14. The van der Waals surface area contributed by atoms with Gasteiger partial charge in [-0.3, -0.25) is 19.4 Å². The molecule has 0 amide bonds. The van der Waals surface area contributed by atoms with Gasteiger partial charge in [-0.25, -0.2) is 0 Å². The number of rotatable bonds is 7. The Morgan fingerprint density at radius 3 is 2.50 bits per heavy atom. The molecule has 1 aromatic rings. The second-order valence-electron chi connectivity index (χ2n) is 5.70. The summed E-state index contributed by atoms with van der Waals surface area (Å²) >= 11 is 0. The molecular weight excluding hydrogens is 310 g/mol. The standard InChI is InChI=1S/C18H19NO5/c20-14(6-7-18(23)24)10-19-11-15-16(21)8-13(9-17(15)22)12-4-2-1-3-5-12/h1-5,11,13,21H,6-10H2,(H,23,24). The molecule has 1 aromatic carbocycles. The molecule has 0 aromatic heterocycles. The zero-order valence-corrected chi connectivity index (χ0v) is 13.1. The topological polar surface area (TPSA) is 104 Å². The normalized spacial score (nSPS) is 18.2. The van der Waals surface area contributed by atoms with Gasteiger partial charge in [-0.15, -0.1) is 0 Å². The fourth-order valence-electron chi connectivity index (χ4n) is 2.58. The van der Waals surface area contributed by atoms with E-state index in [-0.39, 0.29) is 54.6 Å². The van der Waals surface area contributed by atoms with E-state index in [0.29, 0.717) is 6.42 Å². The van der Waals surface area contributed by atoms with Crippen molar-refractivity contribution in [2.24, 2.45) is 4.99 Å². The average Bonchev–Trinajstić information content (AvgIpc) is 2.56. The van der Waals surface area contributed by atoms with Crippen LogP contribution in [-0.4, -0.2) is 40.5 Å². The van der Waals surface area contributed by atoms with E-state index in [4.69, 9.17) is 5.11 Å². The molecule has 2 rings (SSSR count). The molecule has 1 aliphatic carbocycles. The molecule has 6 heteroatoms. The van der Waals surface area contributed by atoms with E-state index in [1.54, 1.807) is 0 Å². The number of allylic oxidation sites excluding steroid dienone is 2. The van der Waals surface area contributed by atoms with Gasteiger partial charge in [0.25, 0.3) is 0 Å². The number of carboxylic acid groups (broad SMARTS) is 1. The van der Waals surface area contributed by atoms with Gasteiger partial charge in [-0.1, -0.05) is 30.3 Å². The van der Waals surface area contributed by atoms with Crippen LogP contribution >= 0.6 is 0 Å². The van der Waals surface area contributed by atoms with Crippen molar-refractivity contribution in [3.8, 4) is 0 Å². The minimum absolute atomic E-state index is 0.0261. The molecule has 0 aliphatic heterocycles. The van der Waals surface area contributed by atoms with Crippen LogP contribution in [0.15, 0.2) is 46.7 Å². The highest BCUT2D eigenvalue weighted by atomic mass is 16.4. The number of hydrogen-bond acceptors (Lipinski definition) is 5. The third-order valence-electron chi connectivity index (χ3n) is 3.86. The number of carboxylic acids is 1. The summed E-state index contributed by atoms with van der Waals surface area (Å²) < 4.78 is 0. The maximum atomic E-state index is 12.2. The van der Waals surface area contributed by atoms with E-state index in [2.05, 4.69) is 4.99 Å². The van der Waals surface area contributed by atoms with Gasteiger partial charge in [0.05, 0.1) is 18.5 Å². The molecule has 6 nitrogen and oxygen atoms in total. The first kappa shape index (κ1) is 17.6. The van der Waals surface area contributed by atoms with E-state index in [1.165, 1.54) is 6.21 Å². The van der Waals surface area contributed by atoms with Gasteiger partial charge < -0.3 is 10.2 Å². The van der Waals surface area contributed by atoms with Crippen LogP contribution in [0.25, 0.3) is 0 Å². The van der Waals surface area contributed by atoms with Crippen LogP contribution in [0.4, 0.5) is 0 Å². The molecule has 2 N–H and O–H groups in total. The van der Waals surface area contributed by atoms with E-state index >= 15 is 0 Å². The first-order valence-electron chi connectivity index (χ1n) is 7.71. The van der Waals surface area contributed by atoms with Crippen LogP contribution in [0.2, 0.25) is 0 Å². The van der Waals surface area contributed by atoms with Gasteiger partial charge in [0.15, 0.2) is 11.6 Å². The van der Waals surface area contributed by atoms with Gasteiger partial charge in [0.2, 0.25) is 0 Å². The molecule has 0 radical (unpaired) electrons. The molecule has 1 aliphatic rings. The monoisotopic (exact) mass is 329 g/mol. The zero-order valence-electron chi connectivity index (χ0n) is 13.1. The summed E-state index contributed by atoms with van der Waals surface area (Å²) in [6, 6.07) is 9.51. The maximum absolute atomic E-state index is 12.2. The summed E-state index contributed by atoms with van der Waals surface area (Å²) in [5, 5.41) is 18.6. The molecule has 0 saturated heterocycles. The Hall–Kier alpha value is -2.76. The lowest BCUT2D eigenvalue weighted by Gasteiger charge is -2.22. The Morgan fingerprint density at radius 1 is 1.17 bits per heavy atom. The summed E-state index contributed by atoms with van der Waals surface area (Å²) in [7, 11) is 0. The highest BCUT2D eigenvalue weighted by Crippen LogP contribution is 2.32. The number of aliphatic imine (C=N–C) groups is 1. The molecule has 24 heavy (non-hydrogen) atoms. The van der Waals surface area contributed by atoms with Crippen molar-refractivity contribution >= 4 is 23.8 Å². The summed E-state index contributed by atoms with van der Waals surface area (Å²) in [6.45, 7) is -0.195. The van der Waals surface area contributed by atoms with Crippen LogP contribution in [0, 0.1) is 0 Å². The van der Waals surface area contributed by atoms with Gasteiger partial charge in [-0.2, -0.15) is 0 Å². The predicted octanol–water partition coefficient (Wildman–Crippen LogP) is 2.45. The zero-order chi connectivity index (χ0) is 17.5. The minimum atomic E-state index is -1.04. The largest absolute Gasteiger partial charge is 0.511 e. The lowest BCUT2D eigenvalue weighted by atomic mass is 9.83. The SMILES string of the molecule is O=C(O)CCC(=O)CN=CC1=C(O)CC(c2ccccc2)CC1=O. The van der Waals surface area contributed by atoms with Crippen molar-refractivity contribution in [3.05, 3.63) is 47.2 Å². The van der Waals surface area contributed by atoms with Gasteiger partial charge in [0.1, 0.15) is 5.76 Å². The van der Waals surface area contributed by atoms with Gasteiger partial charge in [-0.05, 0) is 11.5 Å². The van der Waals surface area contributed by atoms with Crippen molar-refractivity contribution in [2.75, 3.05) is 6.54 Å². The van der Waals surface area contributed by atoms with E-state index in [1.807, 2.05) is 30.3 Å². The summed E-state index contributed by atoms with van der Waals surface area (Å²) in [5.74, 6) is -1.66. The summed E-state index contributed by atoms with van der Waals surface area (Å²) in [5.41, 5.74) is 1.13. The Labute approximate surface area is 139 Å². The molecule has 0 heterocycles. The Kier molecular flexibility index (Phi) is 6.01. The number of benzene rings is 1. The first-order valence-corrected chi connectivity index (χ1v) is 7.71. The summed E-state index contributed by atoms with van der Waals surface area (Å²) in [6.07, 6.45) is 1.52. The molecule has 126 valence electrons. The van der Waals surface area contributed by atoms with Crippen molar-refractivity contribution in [2.45, 2.75) is 31.6 Å². The fourth-order valence-corrected chi connectivity index (χ4v) is 2.58. The lowest BCUT2D eigenvalue weighted by molar-refractivity contribution is -0.138. The van der Waals surface area contributed by atoms with E-state index in [0.717, 1.165) is 5.56 Å². The van der Waals surface area contributed by atoms with Gasteiger partial charge in [0, 0.05) is 25.5 Å². The molecule has 0 spiro atoms. The number of aliphatic hydroxyl groups excluding tert-OH is 1. The van der Waals surface area contributed by atoms with Crippen LogP contribution in [0.5, 0.6) is 0 Å². The smallest absolute Gasteiger partial charge is 0.303 e. The fraction of sp³-hybridized carbons (Fsp3) is 0.333. The van der Waals surface area contributed by atoms with Crippen molar-refractivity contribution in [1.29, 1.82) is 0 Å². The molecule has 1 unspecified atom stereocenters.